The molecular weight excluding hydrogens is 314 g/mol. The number of aromatic nitrogens is 1. The molecule has 1 aromatic carbocycles. The Kier molecular flexibility index (Phi) is 6.52. The molecule has 0 radical (unpaired) electrons. The molecule has 23 heavy (non-hydrogen) atoms. The van der Waals surface area contributed by atoms with Gasteiger partial charge in [0.15, 0.2) is 0 Å². The van der Waals surface area contributed by atoms with E-state index in [4.69, 9.17) is 4.74 Å². The Morgan fingerprint density at radius 3 is 2.70 bits per heavy atom. The van der Waals surface area contributed by atoms with Gasteiger partial charge in [0, 0.05) is 43.2 Å². The monoisotopic (exact) mass is 335 g/mol. The van der Waals surface area contributed by atoms with Gasteiger partial charge in [-0.1, -0.05) is 24.3 Å². The Labute approximate surface area is 137 Å². The molecule has 124 valence electrons. The van der Waals surface area contributed by atoms with Gasteiger partial charge in [-0.3, -0.25) is 4.98 Å². The van der Waals surface area contributed by atoms with Gasteiger partial charge in [-0.05, 0) is 12.1 Å². The number of para-hydroxylation sites is 1. The number of nitrogens with zero attached hydrogens (tertiary/aromatic N) is 1. The van der Waals surface area contributed by atoms with E-state index in [0.717, 1.165) is 23.1 Å². The molecule has 0 aliphatic rings. The molecule has 2 N–H and O–H groups in total. The summed E-state index contributed by atoms with van der Waals surface area (Å²) in [5.74, 6) is 0.805. The molecular formula is C16H21N3O3S. The van der Waals surface area contributed by atoms with Crippen LogP contribution in [-0.2, 0) is 23.2 Å². The van der Waals surface area contributed by atoms with Crippen LogP contribution in [0.4, 0.5) is 0 Å². The maximum absolute atomic E-state index is 11.0. The lowest BCUT2D eigenvalue weighted by molar-refractivity contribution is 0.301. The van der Waals surface area contributed by atoms with E-state index in [9.17, 15) is 8.42 Å². The zero-order valence-corrected chi connectivity index (χ0v) is 13.8. The number of pyridine rings is 1. The van der Waals surface area contributed by atoms with Crippen molar-refractivity contribution < 1.29 is 13.2 Å². The maximum Gasteiger partial charge on any atom is 0.208 e. The lowest BCUT2D eigenvalue weighted by Crippen LogP contribution is -2.30. The predicted molar refractivity (Wildman–Crippen MR) is 89.6 cm³/mol. The highest BCUT2D eigenvalue weighted by Gasteiger charge is 2.04. The molecule has 0 bridgehead atoms. The van der Waals surface area contributed by atoms with E-state index in [-0.39, 0.29) is 0 Å². The highest BCUT2D eigenvalue weighted by Crippen LogP contribution is 2.19. The summed E-state index contributed by atoms with van der Waals surface area (Å²) < 4.78 is 30.2. The van der Waals surface area contributed by atoms with Gasteiger partial charge >= 0.3 is 0 Å². The molecule has 2 aromatic rings. The third-order valence-electron chi connectivity index (χ3n) is 3.07. The summed E-state index contributed by atoms with van der Waals surface area (Å²) in [6, 6.07) is 11.6. The second-order valence-electron chi connectivity index (χ2n) is 5.10. The van der Waals surface area contributed by atoms with Gasteiger partial charge in [-0.15, -0.1) is 0 Å². The van der Waals surface area contributed by atoms with Crippen molar-refractivity contribution in [3.8, 4) is 5.75 Å². The fourth-order valence-corrected chi connectivity index (χ4v) is 2.46. The minimum absolute atomic E-state index is 0.359. The van der Waals surface area contributed by atoms with Crippen LogP contribution in [0.5, 0.6) is 5.75 Å². The molecule has 0 amide bonds. The highest BCUT2D eigenvalue weighted by atomic mass is 32.2. The summed E-state index contributed by atoms with van der Waals surface area (Å²) in [6.45, 7) is 1.97. The molecule has 0 aliphatic carbocycles. The van der Waals surface area contributed by atoms with E-state index in [2.05, 4.69) is 15.0 Å². The third-order valence-corrected chi connectivity index (χ3v) is 3.80. The third kappa shape index (κ3) is 6.77. The number of rotatable bonds is 9. The van der Waals surface area contributed by atoms with E-state index in [1.165, 1.54) is 0 Å². The second kappa shape index (κ2) is 8.61. The van der Waals surface area contributed by atoms with Crippen molar-refractivity contribution in [3.05, 3.63) is 59.9 Å². The van der Waals surface area contributed by atoms with Gasteiger partial charge in [0.2, 0.25) is 10.0 Å². The number of hydrogen-bond acceptors (Lipinski definition) is 5. The number of benzene rings is 1. The first-order chi connectivity index (χ1) is 11.0. The van der Waals surface area contributed by atoms with Crippen molar-refractivity contribution in [2.75, 3.05) is 19.3 Å². The molecule has 0 aliphatic heterocycles. The van der Waals surface area contributed by atoms with Gasteiger partial charge in [-0.25, -0.2) is 13.1 Å². The Morgan fingerprint density at radius 2 is 1.96 bits per heavy atom. The van der Waals surface area contributed by atoms with Crippen LogP contribution >= 0.6 is 0 Å². The van der Waals surface area contributed by atoms with E-state index < -0.39 is 10.0 Å². The van der Waals surface area contributed by atoms with Gasteiger partial charge in [0.1, 0.15) is 12.4 Å². The summed E-state index contributed by atoms with van der Waals surface area (Å²) >= 11 is 0. The number of ether oxygens (including phenoxy) is 1. The van der Waals surface area contributed by atoms with Crippen LogP contribution in [0, 0.1) is 0 Å². The molecule has 0 spiro atoms. The molecule has 0 saturated carbocycles. The molecule has 6 nitrogen and oxygen atoms in total. The Bertz CT molecular complexity index is 706. The number of sulfonamides is 1. The summed E-state index contributed by atoms with van der Waals surface area (Å²) in [6.07, 6.45) is 4.65. The Hall–Kier alpha value is -1.96. The van der Waals surface area contributed by atoms with Crippen LogP contribution in [0.2, 0.25) is 0 Å². The van der Waals surface area contributed by atoms with Crippen molar-refractivity contribution in [2.45, 2.75) is 13.2 Å². The Morgan fingerprint density at radius 1 is 1.13 bits per heavy atom. The average Bonchev–Trinajstić information content (AvgIpc) is 2.53. The predicted octanol–water partition coefficient (Wildman–Crippen LogP) is 1.30. The molecule has 0 unspecified atom stereocenters. The minimum Gasteiger partial charge on any atom is -0.489 e. The largest absolute Gasteiger partial charge is 0.489 e. The van der Waals surface area contributed by atoms with Crippen LogP contribution < -0.4 is 14.8 Å². The standard InChI is InChI=1S/C16H21N3O3S/c1-23(20,21)19-10-9-18-12-15-6-2-3-7-16(15)22-13-14-5-4-8-17-11-14/h2-8,11,18-19H,9-10,12-13H2,1H3. The zero-order chi connectivity index (χ0) is 16.5. The summed E-state index contributed by atoms with van der Waals surface area (Å²) in [5.41, 5.74) is 2.03. The second-order valence-corrected chi connectivity index (χ2v) is 6.93. The average molecular weight is 335 g/mol. The molecule has 1 aromatic heterocycles. The van der Waals surface area contributed by atoms with Crippen molar-refractivity contribution in [3.63, 3.8) is 0 Å². The van der Waals surface area contributed by atoms with Gasteiger partial charge < -0.3 is 10.1 Å². The summed E-state index contributed by atoms with van der Waals surface area (Å²) in [5, 5.41) is 3.19. The van der Waals surface area contributed by atoms with E-state index in [1.54, 1.807) is 12.4 Å². The molecule has 0 fully saturated rings. The van der Waals surface area contributed by atoms with Crippen molar-refractivity contribution in [2.24, 2.45) is 0 Å². The summed E-state index contributed by atoms with van der Waals surface area (Å²) in [4.78, 5) is 4.06. The van der Waals surface area contributed by atoms with Crippen LogP contribution in [-0.4, -0.2) is 32.7 Å². The number of hydrogen-bond donors (Lipinski definition) is 2. The minimum atomic E-state index is -3.14. The number of nitrogens with one attached hydrogen (secondary N) is 2. The van der Waals surface area contributed by atoms with Gasteiger partial charge in [0.25, 0.3) is 0 Å². The highest BCUT2D eigenvalue weighted by molar-refractivity contribution is 7.88. The molecule has 0 atom stereocenters. The first-order valence-electron chi connectivity index (χ1n) is 7.29. The molecule has 7 heteroatoms. The lowest BCUT2D eigenvalue weighted by atomic mass is 10.2. The SMILES string of the molecule is CS(=O)(=O)NCCNCc1ccccc1OCc1cccnc1. The fourth-order valence-electron chi connectivity index (χ4n) is 1.98. The van der Waals surface area contributed by atoms with Crippen molar-refractivity contribution >= 4 is 10.0 Å². The van der Waals surface area contributed by atoms with E-state index >= 15 is 0 Å². The van der Waals surface area contributed by atoms with Gasteiger partial charge in [-0.2, -0.15) is 0 Å². The van der Waals surface area contributed by atoms with Crippen LogP contribution in [0.25, 0.3) is 0 Å². The van der Waals surface area contributed by atoms with E-state index in [1.807, 2.05) is 36.4 Å². The zero-order valence-electron chi connectivity index (χ0n) is 13.0. The van der Waals surface area contributed by atoms with Gasteiger partial charge in [0.05, 0.1) is 6.26 Å². The quantitative estimate of drug-likeness (QED) is 0.675. The smallest absolute Gasteiger partial charge is 0.208 e. The maximum atomic E-state index is 11.0. The van der Waals surface area contributed by atoms with Crippen LogP contribution in [0.15, 0.2) is 48.8 Å². The first-order valence-corrected chi connectivity index (χ1v) is 9.19. The fraction of sp³-hybridized carbons (Fsp3) is 0.312. The molecule has 2 rings (SSSR count). The molecule has 0 saturated heterocycles. The van der Waals surface area contributed by atoms with Crippen LogP contribution in [0.1, 0.15) is 11.1 Å². The Balaban J connectivity index is 1.83. The topological polar surface area (TPSA) is 80.3 Å². The van der Waals surface area contributed by atoms with Crippen LogP contribution in [0.3, 0.4) is 0 Å². The first kappa shape index (κ1) is 17.4. The lowest BCUT2D eigenvalue weighted by Gasteiger charge is -2.12. The molecule has 1 heterocycles. The van der Waals surface area contributed by atoms with Crippen molar-refractivity contribution in [1.29, 1.82) is 0 Å². The van der Waals surface area contributed by atoms with E-state index in [0.29, 0.717) is 26.2 Å². The normalized spacial score (nSPS) is 11.3. The van der Waals surface area contributed by atoms with Crippen molar-refractivity contribution in [1.82, 2.24) is 15.0 Å². The summed E-state index contributed by atoms with van der Waals surface area (Å²) in [7, 11) is -3.14.